The highest BCUT2D eigenvalue weighted by Gasteiger charge is 2.52. The number of benzene rings is 6. The van der Waals surface area contributed by atoms with Crippen LogP contribution in [0.4, 0.5) is 87.8 Å². The van der Waals surface area contributed by atoms with E-state index in [1.165, 1.54) is 0 Å². The van der Waals surface area contributed by atoms with Crippen molar-refractivity contribution >= 4 is 33.8 Å². The topological polar surface area (TPSA) is 54.1 Å². The number of ketones is 1. The first-order valence-electron chi connectivity index (χ1n) is 18.3. The molecule has 1 heterocycles. The Balaban J connectivity index is 0.000000276. The van der Waals surface area contributed by atoms with Crippen LogP contribution in [-0.4, -0.2) is 22.0 Å². The molecule has 1 N–H and O–H groups in total. The summed E-state index contributed by atoms with van der Waals surface area (Å²) >= 11 is 0. The normalized spacial score (nSPS) is 11.5. The summed E-state index contributed by atoms with van der Waals surface area (Å²) in [5, 5.41) is 9.32. The number of Topliss-reactive ketones (excluding diaryl/α,β-unsaturated/α-hetero) is 1. The molecule has 0 aliphatic carbocycles. The Morgan fingerprint density at radius 1 is 0.441 bits per heavy atom. The van der Waals surface area contributed by atoms with Crippen LogP contribution in [0, 0.1) is 116 Å². The number of aromatic nitrogens is 2. The van der Waals surface area contributed by atoms with Gasteiger partial charge in [-0.05, 0) is 17.7 Å². The van der Waals surface area contributed by atoms with Gasteiger partial charge >= 0.3 is 0 Å². The smallest absolute Gasteiger partial charge is 0.227 e. The van der Waals surface area contributed by atoms with Crippen molar-refractivity contribution in [3.8, 4) is 5.75 Å². The van der Waals surface area contributed by atoms with E-state index in [0.29, 0.717) is 12.0 Å². The van der Waals surface area contributed by atoms with Crippen LogP contribution in [0.3, 0.4) is 0 Å². The van der Waals surface area contributed by atoms with Crippen molar-refractivity contribution < 1.29 is 102 Å². The van der Waals surface area contributed by atoms with Crippen LogP contribution in [0.25, 0.3) is 0 Å². The molecule has 1 aromatic heterocycles. The first-order valence-corrected chi connectivity index (χ1v) is 18.3. The Bertz CT molecular complexity index is 2780. The molecule has 0 amide bonds. The Kier molecular flexibility index (Phi) is 14.0. The van der Waals surface area contributed by atoms with Crippen molar-refractivity contribution in [2.24, 2.45) is 0 Å². The number of halogens is 20. The van der Waals surface area contributed by atoms with Gasteiger partial charge in [-0.3, -0.25) is 4.79 Å². The molecule has 6 aromatic carbocycles. The number of rotatable bonds is 9. The van der Waals surface area contributed by atoms with Crippen LogP contribution >= 0.6 is 0 Å². The van der Waals surface area contributed by atoms with Gasteiger partial charge in [0.1, 0.15) is 64.1 Å². The van der Waals surface area contributed by atoms with Crippen molar-refractivity contribution in [3.63, 3.8) is 0 Å². The summed E-state index contributed by atoms with van der Waals surface area (Å²) in [5.74, 6) is -71.1. The van der Waals surface area contributed by atoms with Crippen LogP contribution in [-0.2, 0) is 13.0 Å². The first kappa shape index (κ1) is 50.0. The summed E-state index contributed by atoms with van der Waals surface area (Å²) in [6, 6.07) is 16.3. The Morgan fingerprint density at radius 3 is 1.07 bits per heavy atom. The van der Waals surface area contributed by atoms with Crippen LogP contribution in [0.1, 0.15) is 21.6 Å². The highest BCUT2D eigenvalue weighted by atomic mass is 19.2. The lowest BCUT2D eigenvalue weighted by atomic mass is 9.12. The lowest BCUT2D eigenvalue weighted by Crippen LogP contribution is -2.81. The van der Waals surface area contributed by atoms with Gasteiger partial charge in [0.25, 0.3) is 0 Å². The number of carbonyl (C=O) groups excluding carboxylic acids is 1. The summed E-state index contributed by atoms with van der Waals surface area (Å²) in [6.45, 7) is 0.287. The zero-order valence-corrected chi connectivity index (χ0v) is 32.7. The number of nitrogens with zero attached hydrogens (tertiary/aromatic N) is 2. The molecule has 0 fully saturated rings. The van der Waals surface area contributed by atoms with Gasteiger partial charge in [-0.1, -0.05) is 42.5 Å². The van der Waals surface area contributed by atoms with E-state index in [-0.39, 0.29) is 18.1 Å². The van der Waals surface area contributed by atoms with Crippen molar-refractivity contribution in [1.82, 2.24) is 4.98 Å². The van der Waals surface area contributed by atoms with Gasteiger partial charge in [0.2, 0.25) is 12.3 Å². The molecule has 0 aliphatic heterocycles. The summed E-state index contributed by atoms with van der Waals surface area (Å²) in [7, 11) is 0. The molecule has 0 spiro atoms. The van der Waals surface area contributed by atoms with E-state index >= 15 is 35.1 Å². The largest absolute Gasteiger partial charge is 0.508 e. The SMILES string of the molecule is Fc1c(F)c(F)c([B-](c2c(F)c(F)c(F)c(F)c2F)(c2c(F)c(F)c(F)c(F)c2F)c2c(F)c(F)c(F)c(F)c2F)c(F)c1F.O=C(C[n+]1ccnc(Cc2ccc(O)cc2)c1)c1ccccc1. The van der Waals surface area contributed by atoms with E-state index in [4.69, 9.17) is 0 Å². The molecular formula is C43H17BF20N2O2. The van der Waals surface area contributed by atoms with Gasteiger partial charge in [0, 0.05) is 12.0 Å². The van der Waals surface area contributed by atoms with E-state index in [2.05, 4.69) is 4.98 Å². The van der Waals surface area contributed by atoms with Gasteiger partial charge in [0.05, 0.1) is 6.20 Å². The van der Waals surface area contributed by atoms with Crippen molar-refractivity contribution in [2.45, 2.75) is 13.0 Å². The van der Waals surface area contributed by atoms with Crippen molar-refractivity contribution in [2.75, 3.05) is 0 Å². The number of phenols is 1. The minimum atomic E-state index is -7.22. The highest BCUT2D eigenvalue weighted by molar-refractivity contribution is 7.20. The average Bonchev–Trinajstić information content (AvgIpc) is 3.32. The highest BCUT2D eigenvalue weighted by Crippen LogP contribution is 2.31. The predicted octanol–water partition coefficient (Wildman–Crippen LogP) is 8.39. The van der Waals surface area contributed by atoms with E-state index < -0.39 is 144 Å². The van der Waals surface area contributed by atoms with Crippen LogP contribution in [0.5, 0.6) is 5.75 Å². The van der Waals surface area contributed by atoms with Gasteiger partial charge < -0.3 is 5.11 Å². The molecule has 0 aliphatic rings. The molecule has 68 heavy (non-hydrogen) atoms. The zero-order valence-electron chi connectivity index (χ0n) is 32.7. The maximum atomic E-state index is 15.4. The maximum absolute atomic E-state index is 15.4. The second-order valence-corrected chi connectivity index (χ2v) is 14.2. The minimum absolute atomic E-state index is 0.0670. The summed E-state index contributed by atoms with van der Waals surface area (Å²) in [4.78, 5) is 16.6. The van der Waals surface area contributed by atoms with Gasteiger partial charge in [0.15, 0.2) is 82.2 Å². The first-order chi connectivity index (χ1) is 31.9. The quantitative estimate of drug-likeness (QED) is 0.0395. The average molecular weight is 984 g/mol. The van der Waals surface area contributed by atoms with Gasteiger partial charge in [-0.2, -0.15) is 4.57 Å². The van der Waals surface area contributed by atoms with Crippen molar-refractivity contribution in [1.29, 1.82) is 0 Å². The number of aromatic hydroxyl groups is 1. The van der Waals surface area contributed by atoms with E-state index in [1.807, 2.05) is 53.2 Å². The fourth-order valence-corrected chi connectivity index (χ4v) is 7.25. The third-order valence-electron chi connectivity index (χ3n) is 10.3. The molecule has 0 atom stereocenters. The second kappa shape index (κ2) is 19.0. The molecule has 0 saturated carbocycles. The van der Waals surface area contributed by atoms with Crippen LogP contribution < -0.4 is 26.4 Å². The minimum Gasteiger partial charge on any atom is -0.508 e. The molecule has 0 unspecified atom stereocenters. The molecule has 354 valence electrons. The Labute approximate surface area is 365 Å². The monoisotopic (exact) mass is 984 g/mol. The van der Waals surface area contributed by atoms with Gasteiger partial charge in [-0.25, -0.2) is 92.8 Å². The Hall–Kier alpha value is -7.47. The lowest BCUT2D eigenvalue weighted by molar-refractivity contribution is -0.684. The van der Waals surface area contributed by atoms with E-state index in [0.717, 1.165) is 11.3 Å². The standard InChI is InChI=1S/C24BF20.C19H16N2O2/c26-5-1(6(27)14(35)21(42)13(5)34)25(2-7(28)15(36)22(43)16(37)8(2)29,3-9(30)17(38)23(44)18(39)10(3)31)4-11(32)19(40)24(45)20(41)12(4)33;22-18-8-6-15(7-9-18)12-17-13-21(11-10-20-17)14-19(23)16-4-2-1-3-5-16/h;1-11,13H,12,14H2/q-1;/p+1. The number of phenolic OH excluding ortho intramolecular Hbond substituents is 1. The zero-order chi connectivity index (χ0) is 50.4. The summed E-state index contributed by atoms with van der Waals surface area (Å²) in [5.41, 5.74) is -11.7. The maximum Gasteiger partial charge on any atom is 0.227 e. The van der Waals surface area contributed by atoms with Crippen molar-refractivity contribution in [3.05, 3.63) is 206 Å². The molecule has 25 heteroatoms. The third kappa shape index (κ3) is 8.33. The van der Waals surface area contributed by atoms with E-state index in [9.17, 15) is 62.6 Å². The number of carbonyl (C=O) groups is 1. The summed E-state index contributed by atoms with van der Waals surface area (Å²) in [6.07, 6.45) is -1.19. The van der Waals surface area contributed by atoms with Crippen LogP contribution in [0.2, 0.25) is 0 Å². The Morgan fingerprint density at radius 2 is 0.750 bits per heavy atom. The predicted molar refractivity (Wildman–Crippen MR) is 195 cm³/mol. The van der Waals surface area contributed by atoms with Gasteiger partial charge in [-0.15, -0.1) is 21.9 Å². The molecule has 7 rings (SSSR count). The van der Waals surface area contributed by atoms with Crippen LogP contribution in [0.15, 0.2) is 73.2 Å². The summed E-state index contributed by atoms with van der Waals surface area (Å²) < 4.78 is 296. The molecule has 0 bridgehead atoms. The lowest BCUT2D eigenvalue weighted by Gasteiger charge is -2.44. The second-order valence-electron chi connectivity index (χ2n) is 14.2. The van der Waals surface area contributed by atoms with E-state index in [1.54, 1.807) is 24.5 Å². The number of hydrogen-bond acceptors (Lipinski definition) is 3. The molecular weight excluding hydrogens is 967 g/mol. The molecule has 0 saturated heterocycles. The third-order valence-corrected chi connectivity index (χ3v) is 10.3. The number of hydrogen-bond donors (Lipinski definition) is 1. The fourth-order valence-electron chi connectivity index (χ4n) is 7.25. The molecule has 0 radical (unpaired) electrons. The fraction of sp³-hybridized carbons (Fsp3) is 0.0465. The molecule has 7 aromatic rings. The molecule has 4 nitrogen and oxygen atoms in total.